The Balaban J connectivity index is 2.84. The van der Waals surface area contributed by atoms with Crippen molar-refractivity contribution in [2.75, 3.05) is 19.4 Å². The van der Waals surface area contributed by atoms with Crippen molar-refractivity contribution < 1.29 is 14.6 Å². The number of benzene rings is 1. The van der Waals surface area contributed by atoms with Gasteiger partial charge in [0.2, 0.25) is 0 Å². The Kier molecular flexibility index (Phi) is 4.13. The van der Waals surface area contributed by atoms with E-state index in [2.05, 4.69) is 5.32 Å². The number of nitrogens with one attached hydrogen (secondary N) is 1. The van der Waals surface area contributed by atoms with Gasteiger partial charge in [-0.3, -0.25) is 4.79 Å². The van der Waals surface area contributed by atoms with Gasteiger partial charge in [-0.15, -0.1) is 0 Å². The third-order valence-electron chi connectivity index (χ3n) is 2.03. The molecule has 0 aliphatic rings. The van der Waals surface area contributed by atoms with Crippen molar-refractivity contribution in [1.82, 2.24) is 5.32 Å². The van der Waals surface area contributed by atoms with Crippen LogP contribution in [0.1, 0.15) is 17.3 Å². The van der Waals surface area contributed by atoms with Gasteiger partial charge in [0, 0.05) is 12.2 Å². The zero-order valence-electron chi connectivity index (χ0n) is 9.36. The number of aliphatic hydroxyl groups is 1. The fourth-order valence-corrected chi connectivity index (χ4v) is 1.24. The van der Waals surface area contributed by atoms with E-state index >= 15 is 0 Å². The van der Waals surface area contributed by atoms with Crippen molar-refractivity contribution >= 4 is 11.6 Å². The summed E-state index contributed by atoms with van der Waals surface area (Å²) in [6.07, 6.45) is -0.587. The molecular formula is C11H16N2O3. The number of anilines is 1. The molecule has 0 unspecified atom stereocenters. The van der Waals surface area contributed by atoms with E-state index in [4.69, 9.17) is 15.6 Å². The van der Waals surface area contributed by atoms with Gasteiger partial charge in [0.15, 0.2) is 0 Å². The van der Waals surface area contributed by atoms with Crippen LogP contribution in [0.25, 0.3) is 0 Å². The highest BCUT2D eigenvalue weighted by atomic mass is 16.5. The zero-order valence-corrected chi connectivity index (χ0v) is 9.36. The summed E-state index contributed by atoms with van der Waals surface area (Å²) in [5.41, 5.74) is 6.44. The Bertz CT molecular complexity index is 377. The first kappa shape index (κ1) is 12.3. The molecule has 0 heterocycles. The summed E-state index contributed by atoms with van der Waals surface area (Å²) < 4.78 is 5.05. The maximum absolute atomic E-state index is 11.7. The number of carbonyl (C=O) groups is 1. The van der Waals surface area contributed by atoms with Gasteiger partial charge in [0.1, 0.15) is 5.75 Å². The van der Waals surface area contributed by atoms with Crippen LogP contribution in [0, 0.1) is 0 Å². The lowest BCUT2D eigenvalue weighted by molar-refractivity contribution is 0.0921. The number of aliphatic hydroxyl groups excluding tert-OH is 1. The number of amides is 1. The molecule has 0 spiro atoms. The highest BCUT2D eigenvalue weighted by molar-refractivity contribution is 5.97. The minimum atomic E-state index is -0.587. The van der Waals surface area contributed by atoms with Gasteiger partial charge in [-0.05, 0) is 25.1 Å². The Hall–Kier alpha value is -1.75. The molecule has 0 bridgehead atoms. The van der Waals surface area contributed by atoms with Crippen LogP contribution < -0.4 is 15.8 Å². The molecule has 4 N–H and O–H groups in total. The van der Waals surface area contributed by atoms with E-state index in [1.807, 2.05) is 0 Å². The highest BCUT2D eigenvalue weighted by Gasteiger charge is 2.12. The van der Waals surface area contributed by atoms with Gasteiger partial charge in [-0.2, -0.15) is 0 Å². The van der Waals surface area contributed by atoms with Crippen LogP contribution in [0.3, 0.4) is 0 Å². The molecule has 16 heavy (non-hydrogen) atoms. The van der Waals surface area contributed by atoms with Gasteiger partial charge in [-0.25, -0.2) is 0 Å². The smallest absolute Gasteiger partial charge is 0.255 e. The Morgan fingerprint density at radius 1 is 1.62 bits per heavy atom. The van der Waals surface area contributed by atoms with Crippen LogP contribution in [0.15, 0.2) is 18.2 Å². The minimum absolute atomic E-state index is 0.191. The largest absolute Gasteiger partial charge is 0.496 e. The molecule has 0 saturated carbocycles. The number of methoxy groups -OCH3 is 1. The molecule has 88 valence electrons. The van der Waals surface area contributed by atoms with E-state index < -0.39 is 6.10 Å². The normalized spacial score (nSPS) is 11.9. The summed E-state index contributed by atoms with van der Waals surface area (Å²) in [5, 5.41) is 11.6. The number of carbonyl (C=O) groups excluding carboxylic acids is 1. The second-order valence-corrected chi connectivity index (χ2v) is 3.52. The van der Waals surface area contributed by atoms with E-state index in [9.17, 15) is 4.79 Å². The summed E-state index contributed by atoms with van der Waals surface area (Å²) in [4.78, 5) is 11.7. The Labute approximate surface area is 94.2 Å². The van der Waals surface area contributed by atoms with E-state index in [1.165, 1.54) is 13.2 Å². The van der Waals surface area contributed by atoms with Crippen LogP contribution >= 0.6 is 0 Å². The molecule has 5 heteroatoms. The number of nitrogens with two attached hydrogens (primary N) is 1. The first-order valence-corrected chi connectivity index (χ1v) is 4.94. The van der Waals surface area contributed by atoms with Crippen molar-refractivity contribution in [3.05, 3.63) is 23.8 Å². The summed E-state index contributed by atoms with van der Waals surface area (Å²) in [6, 6.07) is 4.83. The van der Waals surface area contributed by atoms with E-state index in [1.54, 1.807) is 19.1 Å². The molecule has 0 saturated heterocycles. The number of nitrogen functional groups attached to an aromatic ring is 1. The molecule has 1 atom stereocenters. The number of rotatable bonds is 4. The minimum Gasteiger partial charge on any atom is -0.496 e. The van der Waals surface area contributed by atoms with E-state index in [0.29, 0.717) is 17.0 Å². The first-order chi connectivity index (χ1) is 7.54. The van der Waals surface area contributed by atoms with E-state index in [0.717, 1.165) is 0 Å². The second-order valence-electron chi connectivity index (χ2n) is 3.52. The molecule has 0 fully saturated rings. The molecule has 5 nitrogen and oxygen atoms in total. The summed E-state index contributed by atoms with van der Waals surface area (Å²) in [7, 11) is 1.48. The van der Waals surface area contributed by atoms with Gasteiger partial charge in [0.25, 0.3) is 5.91 Å². The Morgan fingerprint density at radius 3 is 2.88 bits per heavy atom. The lowest BCUT2D eigenvalue weighted by Crippen LogP contribution is -2.30. The summed E-state index contributed by atoms with van der Waals surface area (Å²) >= 11 is 0. The number of ether oxygens (including phenoxy) is 1. The van der Waals surface area contributed by atoms with Crippen LogP contribution in [0.4, 0.5) is 5.69 Å². The molecule has 0 aliphatic heterocycles. The molecular weight excluding hydrogens is 208 g/mol. The third kappa shape index (κ3) is 3.13. The first-order valence-electron chi connectivity index (χ1n) is 4.94. The van der Waals surface area contributed by atoms with Crippen LogP contribution in [-0.4, -0.2) is 30.8 Å². The van der Waals surface area contributed by atoms with Gasteiger partial charge >= 0.3 is 0 Å². The Morgan fingerprint density at radius 2 is 2.31 bits per heavy atom. The predicted octanol–water partition coefficient (Wildman–Crippen LogP) is 0.388. The average Bonchev–Trinajstić information content (AvgIpc) is 2.25. The fourth-order valence-electron chi connectivity index (χ4n) is 1.24. The lowest BCUT2D eigenvalue weighted by Gasteiger charge is -2.10. The van der Waals surface area contributed by atoms with E-state index in [-0.39, 0.29) is 12.5 Å². The topological polar surface area (TPSA) is 84.6 Å². The molecule has 1 rings (SSSR count). The number of hydrogen-bond acceptors (Lipinski definition) is 4. The highest BCUT2D eigenvalue weighted by Crippen LogP contribution is 2.20. The SMILES string of the molecule is COc1ccc(N)cc1C(=O)NC[C@H](C)O. The number of hydrogen-bond donors (Lipinski definition) is 3. The van der Waals surface area contributed by atoms with Gasteiger partial charge in [0.05, 0.1) is 18.8 Å². The summed E-state index contributed by atoms with van der Waals surface area (Å²) in [5.74, 6) is 0.141. The predicted molar refractivity (Wildman–Crippen MR) is 61.4 cm³/mol. The molecule has 1 aromatic carbocycles. The lowest BCUT2D eigenvalue weighted by atomic mass is 10.1. The van der Waals surface area contributed by atoms with Gasteiger partial charge < -0.3 is 20.9 Å². The molecule has 0 aliphatic carbocycles. The fraction of sp³-hybridized carbons (Fsp3) is 0.364. The quantitative estimate of drug-likeness (QED) is 0.646. The zero-order chi connectivity index (χ0) is 12.1. The summed E-state index contributed by atoms with van der Waals surface area (Å²) in [6.45, 7) is 1.79. The molecule has 1 aromatic rings. The van der Waals surface area contributed by atoms with Crippen molar-refractivity contribution in [3.63, 3.8) is 0 Å². The molecule has 0 radical (unpaired) electrons. The third-order valence-corrected chi connectivity index (χ3v) is 2.03. The maximum Gasteiger partial charge on any atom is 0.255 e. The van der Waals surface area contributed by atoms with Crippen molar-refractivity contribution in [1.29, 1.82) is 0 Å². The van der Waals surface area contributed by atoms with Crippen molar-refractivity contribution in [3.8, 4) is 5.75 Å². The van der Waals surface area contributed by atoms with Crippen LogP contribution in [0.2, 0.25) is 0 Å². The van der Waals surface area contributed by atoms with Crippen LogP contribution in [-0.2, 0) is 0 Å². The standard InChI is InChI=1S/C11H16N2O3/c1-7(14)6-13-11(15)9-5-8(12)3-4-10(9)16-2/h3-5,7,14H,6,12H2,1-2H3,(H,13,15)/t7-/m0/s1. The van der Waals surface area contributed by atoms with Crippen molar-refractivity contribution in [2.45, 2.75) is 13.0 Å². The van der Waals surface area contributed by atoms with Crippen LogP contribution in [0.5, 0.6) is 5.75 Å². The van der Waals surface area contributed by atoms with Crippen molar-refractivity contribution in [2.24, 2.45) is 0 Å². The molecule has 1 amide bonds. The van der Waals surface area contributed by atoms with Gasteiger partial charge in [-0.1, -0.05) is 0 Å². The molecule has 0 aromatic heterocycles. The maximum atomic E-state index is 11.7. The monoisotopic (exact) mass is 224 g/mol. The average molecular weight is 224 g/mol. The second kappa shape index (κ2) is 5.37.